The van der Waals surface area contributed by atoms with Gasteiger partial charge in [-0.25, -0.2) is 5.43 Å². The second-order valence-electron chi connectivity index (χ2n) is 4.13. The molecule has 1 heterocycles. The standard InChI is InChI=1S/C15H14N4O2/c1-21-14-6-4-12(5-7-14)19-10-2-3-13(19)11-17-18-15(20)8-9-16/h2-7,10-11H,8H2,1H3,(H,18,20)/b17-11-. The maximum atomic E-state index is 11.1. The minimum atomic E-state index is -0.434. The minimum Gasteiger partial charge on any atom is -0.497 e. The predicted molar refractivity (Wildman–Crippen MR) is 78.3 cm³/mol. The van der Waals surface area contributed by atoms with Crippen LogP contribution in [0.4, 0.5) is 0 Å². The zero-order valence-corrected chi connectivity index (χ0v) is 11.5. The second kappa shape index (κ2) is 6.91. The molecule has 0 bridgehead atoms. The number of nitriles is 1. The summed E-state index contributed by atoms with van der Waals surface area (Å²) in [5.74, 6) is 0.348. The molecular formula is C15H14N4O2. The molecule has 2 rings (SSSR count). The summed E-state index contributed by atoms with van der Waals surface area (Å²) in [7, 11) is 1.62. The molecular weight excluding hydrogens is 268 g/mol. The topological polar surface area (TPSA) is 79.4 Å². The number of amides is 1. The van der Waals surface area contributed by atoms with E-state index in [-0.39, 0.29) is 6.42 Å². The van der Waals surface area contributed by atoms with Crippen LogP contribution in [0.2, 0.25) is 0 Å². The monoisotopic (exact) mass is 282 g/mol. The van der Waals surface area contributed by atoms with E-state index in [4.69, 9.17) is 10.00 Å². The minimum absolute atomic E-state index is 0.211. The quantitative estimate of drug-likeness (QED) is 0.671. The van der Waals surface area contributed by atoms with Crippen molar-refractivity contribution >= 4 is 12.1 Å². The fourth-order valence-corrected chi connectivity index (χ4v) is 1.76. The van der Waals surface area contributed by atoms with Crippen LogP contribution >= 0.6 is 0 Å². The lowest BCUT2D eigenvalue weighted by atomic mass is 10.3. The van der Waals surface area contributed by atoms with E-state index in [2.05, 4.69) is 10.5 Å². The lowest BCUT2D eigenvalue weighted by Gasteiger charge is -2.07. The number of carbonyl (C=O) groups excluding carboxylic acids is 1. The lowest BCUT2D eigenvalue weighted by molar-refractivity contribution is -0.120. The third-order valence-electron chi connectivity index (χ3n) is 2.76. The van der Waals surface area contributed by atoms with Crippen molar-refractivity contribution in [3.8, 4) is 17.5 Å². The van der Waals surface area contributed by atoms with Gasteiger partial charge in [0.05, 0.1) is 25.1 Å². The largest absolute Gasteiger partial charge is 0.497 e. The van der Waals surface area contributed by atoms with E-state index < -0.39 is 5.91 Å². The van der Waals surface area contributed by atoms with Crippen molar-refractivity contribution in [3.63, 3.8) is 0 Å². The molecule has 0 radical (unpaired) electrons. The normalized spacial score (nSPS) is 10.3. The number of ether oxygens (including phenoxy) is 1. The van der Waals surface area contributed by atoms with Crippen molar-refractivity contribution < 1.29 is 9.53 Å². The number of benzene rings is 1. The number of hydrogen-bond acceptors (Lipinski definition) is 4. The number of hydrogen-bond donors (Lipinski definition) is 1. The van der Waals surface area contributed by atoms with E-state index in [0.29, 0.717) is 0 Å². The van der Waals surface area contributed by atoms with Gasteiger partial charge in [0.1, 0.15) is 12.2 Å². The van der Waals surface area contributed by atoms with Gasteiger partial charge >= 0.3 is 0 Å². The van der Waals surface area contributed by atoms with E-state index in [1.165, 1.54) is 6.21 Å². The van der Waals surface area contributed by atoms with Crippen LogP contribution in [0.1, 0.15) is 12.1 Å². The molecule has 21 heavy (non-hydrogen) atoms. The first-order chi connectivity index (χ1) is 10.2. The first-order valence-electron chi connectivity index (χ1n) is 6.25. The highest BCUT2D eigenvalue weighted by atomic mass is 16.5. The van der Waals surface area contributed by atoms with Crippen molar-refractivity contribution in [2.75, 3.05) is 7.11 Å². The van der Waals surface area contributed by atoms with Gasteiger partial charge < -0.3 is 9.30 Å². The number of hydrazone groups is 1. The van der Waals surface area contributed by atoms with Crippen molar-refractivity contribution in [2.45, 2.75) is 6.42 Å². The molecule has 0 aliphatic heterocycles. The van der Waals surface area contributed by atoms with Crippen LogP contribution in [0, 0.1) is 11.3 Å². The van der Waals surface area contributed by atoms with Gasteiger partial charge in [-0.1, -0.05) is 0 Å². The highest BCUT2D eigenvalue weighted by molar-refractivity contribution is 5.82. The Hall–Kier alpha value is -3.07. The fourth-order valence-electron chi connectivity index (χ4n) is 1.76. The van der Waals surface area contributed by atoms with E-state index in [9.17, 15) is 4.79 Å². The van der Waals surface area contributed by atoms with Crippen LogP contribution in [-0.2, 0) is 4.79 Å². The maximum Gasteiger partial charge on any atom is 0.254 e. The summed E-state index contributed by atoms with van der Waals surface area (Å²) in [6.07, 6.45) is 3.20. The smallest absolute Gasteiger partial charge is 0.254 e. The zero-order chi connectivity index (χ0) is 15.1. The summed E-state index contributed by atoms with van der Waals surface area (Å²) < 4.78 is 7.04. The third-order valence-corrected chi connectivity index (χ3v) is 2.76. The van der Waals surface area contributed by atoms with Crippen LogP contribution in [0.5, 0.6) is 5.75 Å². The molecule has 0 saturated carbocycles. The number of carbonyl (C=O) groups is 1. The molecule has 2 aromatic rings. The highest BCUT2D eigenvalue weighted by Gasteiger charge is 2.02. The summed E-state index contributed by atoms with van der Waals surface area (Å²) in [6, 6.07) is 13.1. The van der Waals surface area contributed by atoms with Gasteiger partial charge in [0.25, 0.3) is 5.91 Å². The first kappa shape index (κ1) is 14.3. The zero-order valence-electron chi connectivity index (χ0n) is 11.5. The van der Waals surface area contributed by atoms with Crippen molar-refractivity contribution in [1.82, 2.24) is 9.99 Å². The van der Waals surface area contributed by atoms with E-state index >= 15 is 0 Å². The average molecular weight is 282 g/mol. The van der Waals surface area contributed by atoms with E-state index in [0.717, 1.165) is 17.1 Å². The van der Waals surface area contributed by atoms with E-state index in [1.807, 2.05) is 47.2 Å². The number of methoxy groups -OCH3 is 1. The van der Waals surface area contributed by atoms with Crippen LogP contribution in [-0.4, -0.2) is 23.8 Å². The van der Waals surface area contributed by atoms with Gasteiger partial charge in [-0.15, -0.1) is 0 Å². The number of aromatic nitrogens is 1. The van der Waals surface area contributed by atoms with Crippen LogP contribution in [0.3, 0.4) is 0 Å². The number of rotatable bonds is 5. The molecule has 1 N–H and O–H groups in total. The molecule has 0 saturated heterocycles. The average Bonchev–Trinajstić information content (AvgIpc) is 2.96. The van der Waals surface area contributed by atoms with Crippen molar-refractivity contribution in [1.29, 1.82) is 5.26 Å². The van der Waals surface area contributed by atoms with Crippen molar-refractivity contribution in [3.05, 3.63) is 48.3 Å². The molecule has 0 spiro atoms. The van der Waals surface area contributed by atoms with Gasteiger partial charge in [0.2, 0.25) is 0 Å². The summed E-state index contributed by atoms with van der Waals surface area (Å²) in [5.41, 5.74) is 4.05. The summed E-state index contributed by atoms with van der Waals surface area (Å²) in [5, 5.41) is 12.2. The Bertz CT molecular complexity index is 680. The van der Waals surface area contributed by atoms with Gasteiger partial charge in [-0.05, 0) is 36.4 Å². The molecule has 0 aliphatic carbocycles. The van der Waals surface area contributed by atoms with Crippen LogP contribution in [0.25, 0.3) is 5.69 Å². The highest BCUT2D eigenvalue weighted by Crippen LogP contribution is 2.16. The number of nitrogens with one attached hydrogen (secondary N) is 1. The Balaban J connectivity index is 2.13. The Morgan fingerprint density at radius 3 is 2.86 bits per heavy atom. The van der Waals surface area contributed by atoms with Gasteiger partial charge in [0, 0.05) is 11.9 Å². The molecule has 0 unspecified atom stereocenters. The predicted octanol–water partition coefficient (Wildman–Crippen LogP) is 1.85. The molecule has 1 aromatic carbocycles. The summed E-state index contributed by atoms with van der Waals surface area (Å²) in [6.45, 7) is 0. The summed E-state index contributed by atoms with van der Waals surface area (Å²) >= 11 is 0. The molecule has 1 aromatic heterocycles. The Morgan fingerprint density at radius 2 is 2.19 bits per heavy atom. The Morgan fingerprint density at radius 1 is 1.43 bits per heavy atom. The van der Waals surface area contributed by atoms with Gasteiger partial charge in [0.15, 0.2) is 0 Å². The van der Waals surface area contributed by atoms with Gasteiger partial charge in [-0.3, -0.25) is 4.79 Å². The SMILES string of the molecule is COc1ccc(-n2cccc2/C=N\NC(=O)CC#N)cc1. The molecule has 106 valence electrons. The molecule has 6 nitrogen and oxygen atoms in total. The molecule has 0 fully saturated rings. The summed E-state index contributed by atoms with van der Waals surface area (Å²) in [4.78, 5) is 11.1. The number of nitrogens with zero attached hydrogens (tertiary/aromatic N) is 3. The van der Waals surface area contributed by atoms with E-state index in [1.54, 1.807) is 13.2 Å². The van der Waals surface area contributed by atoms with Crippen molar-refractivity contribution in [2.24, 2.45) is 5.10 Å². The molecule has 0 atom stereocenters. The molecule has 1 amide bonds. The second-order valence-corrected chi connectivity index (χ2v) is 4.13. The Kier molecular flexibility index (Phi) is 4.72. The first-order valence-corrected chi connectivity index (χ1v) is 6.25. The molecule has 6 heteroatoms. The lowest BCUT2D eigenvalue weighted by Crippen LogP contribution is -2.16. The fraction of sp³-hybridized carbons (Fsp3) is 0.133. The Labute approximate surface area is 122 Å². The maximum absolute atomic E-state index is 11.1. The molecule has 0 aliphatic rings. The van der Waals surface area contributed by atoms with Gasteiger partial charge in [-0.2, -0.15) is 10.4 Å². The van der Waals surface area contributed by atoms with Crippen LogP contribution in [0.15, 0.2) is 47.7 Å². The van der Waals surface area contributed by atoms with Crippen LogP contribution < -0.4 is 10.2 Å². The third kappa shape index (κ3) is 3.70.